The Morgan fingerprint density at radius 1 is 1.37 bits per heavy atom. The summed E-state index contributed by atoms with van der Waals surface area (Å²) in [5, 5.41) is 19.3. The Labute approximate surface area is 113 Å². The monoisotopic (exact) mass is 263 g/mol. The second kappa shape index (κ2) is 5.51. The number of hydrogen-bond donors (Lipinski definition) is 2. The van der Waals surface area contributed by atoms with Crippen LogP contribution in [0.15, 0.2) is 18.2 Å². The molecule has 1 aromatic rings. The van der Waals surface area contributed by atoms with Gasteiger partial charge in [-0.05, 0) is 37.3 Å². The molecule has 0 aromatic heterocycles. The molecule has 0 radical (unpaired) electrons. The molecule has 104 valence electrons. The Kier molecular flexibility index (Phi) is 3.98. The number of phenols is 2. The second-order valence-corrected chi connectivity index (χ2v) is 5.59. The standard InChI is InChI=1S/C15H21NO3/c1-10(2)8-9-16(11-6-7-11)15(19)12-4-3-5-13(17)14(12)18/h3-5,10-11,17-18H,6-9H2,1-2H3. The molecule has 2 rings (SSSR count). The summed E-state index contributed by atoms with van der Waals surface area (Å²) in [6.07, 6.45) is 3.01. The number of carbonyl (C=O) groups excluding carboxylic acids is 1. The van der Waals surface area contributed by atoms with Crippen LogP contribution in [0.4, 0.5) is 0 Å². The van der Waals surface area contributed by atoms with E-state index in [2.05, 4.69) is 13.8 Å². The van der Waals surface area contributed by atoms with Gasteiger partial charge in [0.2, 0.25) is 0 Å². The van der Waals surface area contributed by atoms with Crippen LogP contribution < -0.4 is 0 Å². The van der Waals surface area contributed by atoms with E-state index in [1.807, 2.05) is 4.90 Å². The van der Waals surface area contributed by atoms with Crippen LogP contribution in [-0.2, 0) is 0 Å². The van der Waals surface area contributed by atoms with Gasteiger partial charge in [0.05, 0.1) is 5.56 Å². The van der Waals surface area contributed by atoms with E-state index in [1.54, 1.807) is 12.1 Å². The lowest BCUT2D eigenvalue weighted by Crippen LogP contribution is -2.34. The fourth-order valence-corrected chi connectivity index (χ4v) is 2.09. The highest BCUT2D eigenvalue weighted by molar-refractivity contribution is 5.98. The van der Waals surface area contributed by atoms with Gasteiger partial charge >= 0.3 is 0 Å². The first-order valence-electron chi connectivity index (χ1n) is 6.82. The van der Waals surface area contributed by atoms with Crippen LogP contribution in [0.3, 0.4) is 0 Å². The van der Waals surface area contributed by atoms with Gasteiger partial charge in [0.15, 0.2) is 11.5 Å². The van der Waals surface area contributed by atoms with Crippen LogP contribution in [0.2, 0.25) is 0 Å². The largest absolute Gasteiger partial charge is 0.504 e. The van der Waals surface area contributed by atoms with E-state index in [-0.39, 0.29) is 23.0 Å². The van der Waals surface area contributed by atoms with Crippen LogP contribution >= 0.6 is 0 Å². The van der Waals surface area contributed by atoms with Gasteiger partial charge in [0.25, 0.3) is 5.91 Å². The van der Waals surface area contributed by atoms with Crippen LogP contribution in [0, 0.1) is 5.92 Å². The first kappa shape index (κ1) is 13.7. The molecule has 0 heterocycles. The van der Waals surface area contributed by atoms with E-state index in [0.29, 0.717) is 18.5 Å². The van der Waals surface area contributed by atoms with Gasteiger partial charge in [0.1, 0.15) is 0 Å². The molecule has 2 N–H and O–H groups in total. The molecule has 1 aliphatic carbocycles. The number of amides is 1. The second-order valence-electron chi connectivity index (χ2n) is 5.59. The molecule has 1 aromatic carbocycles. The molecule has 19 heavy (non-hydrogen) atoms. The van der Waals surface area contributed by atoms with Gasteiger partial charge in [0, 0.05) is 12.6 Å². The minimum atomic E-state index is -0.317. The van der Waals surface area contributed by atoms with Gasteiger partial charge in [-0.2, -0.15) is 0 Å². The minimum Gasteiger partial charge on any atom is -0.504 e. The van der Waals surface area contributed by atoms with Gasteiger partial charge in [-0.3, -0.25) is 4.79 Å². The fourth-order valence-electron chi connectivity index (χ4n) is 2.09. The summed E-state index contributed by atoms with van der Waals surface area (Å²) in [6.45, 7) is 4.96. The quantitative estimate of drug-likeness (QED) is 0.803. The zero-order chi connectivity index (χ0) is 14.0. The normalized spacial score (nSPS) is 14.7. The Balaban J connectivity index is 2.17. The van der Waals surface area contributed by atoms with Crippen LogP contribution in [0.5, 0.6) is 11.5 Å². The lowest BCUT2D eigenvalue weighted by molar-refractivity contribution is 0.0731. The number of carbonyl (C=O) groups is 1. The van der Waals surface area contributed by atoms with Crippen molar-refractivity contribution in [1.29, 1.82) is 0 Å². The highest BCUT2D eigenvalue weighted by Gasteiger charge is 2.33. The van der Waals surface area contributed by atoms with Crippen LogP contribution in [-0.4, -0.2) is 33.6 Å². The van der Waals surface area contributed by atoms with Gasteiger partial charge in [-0.15, -0.1) is 0 Å². The van der Waals surface area contributed by atoms with Crippen molar-refractivity contribution in [2.45, 2.75) is 39.2 Å². The first-order valence-corrected chi connectivity index (χ1v) is 6.82. The number of hydrogen-bond acceptors (Lipinski definition) is 3. The maximum absolute atomic E-state index is 12.5. The Morgan fingerprint density at radius 3 is 2.63 bits per heavy atom. The van der Waals surface area contributed by atoms with Crippen molar-refractivity contribution in [3.63, 3.8) is 0 Å². The molecule has 0 saturated heterocycles. The molecule has 0 atom stereocenters. The third-order valence-corrected chi connectivity index (χ3v) is 3.44. The van der Waals surface area contributed by atoms with E-state index in [0.717, 1.165) is 19.3 Å². The zero-order valence-corrected chi connectivity index (χ0v) is 11.5. The smallest absolute Gasteiger partial charge is 0.258 e. The summed E-state index contributed by atoms with van der Waals surface area (Å²) in [5.41, 5.74) is 0.190. The average Bonchev–Trinajstić information content (AvgIpc) is 3.17. The number of benzene rings is 1. The maximum Gasteiger partial charge on any atom is 0.258 e. The number of para-hydroxylation sites is 1. The fraction of sp³-hybridized carbons (Fsp3) is 0.533. The van der Waals surface area contributed by atoms with Gasteiger partial charge in [-0.25, -0.2) is 0 Å². The molecule has 0 unspecified atom stereocenters. The summed E-state index contributed by atoms with van der Waals surface area (Å²) < 4.78 is 0. The molecular weight excluding hydrogens is 242 g/mol. The van der Waals surface area contributed by atoms with Crippen molar-refractivity contribution >= 4 is 5.91 Å². The van der Waals surface area contributed by atoms with E-state index >= 15 is 0 Å². The number of phenolic OH excluding ortho intramolecular Hbond substituents is 2. The first-order chi connectivity index (χ1) is 9.00. The van der Waals surface area contributed by atoms with Gasteiger partial charge in [-0.1, -0.05) is 19.9 Å². The van der Waals surface area contributed by atoms with Gasteiger partial charge < -0.3 is 15.1 Å². The molecule has 4 nitrogen and oxygen atoms in total. The Hall–Kier alpha value is -1.71. The van der Waals surface area contributed by atoms with Crippen LogP contribution in [0.25, 0.3) is 0 Å². The lowest BCUT2D eigenvalue weighted by atomic mass is 10.1. The number of rotatable bonds is 5. The van der Waals surface area contributed by atoms with Crippen LogP contribution in [0.1, 0.15) is 43.5 Å². The van der Waals surface area contributed by atoms with Crippen molar-refractivity contribution in [3.05, 3.63) is 23.8 Å². The highest BCUT2D eigenvalue weighted by Crippen LogP contribution is 2.33. The summed E-state index contributed by atoms with van der Waals surface area (Å²) >= 11 is 0. The summed E-state index contributed by atoms with van der Waals surface area (Å²) in [7, 11) is 0. The number of nitrogens with zero attached hydrogens (tertiary/aromatic N) is 1. The van der Waals surface area contributed by atoms with Crippen molar-refractivity contribution in [2.24, 2.45) is 5.92 Å². The summed E-state index contributed by atoms with van der Waals surface area (Å²) in [5.74, 6) is -0.212. The predicted molar refractivity (Wildman–Crippen MR) is 73.3 cm³/mol. The third kappa shape index (κ3) is 3.19. The van der Waals surface area contributed by atoms with E-state index in [9.17, 15) is 15.0 Å². The summed E-state index contributed by atoms with van der Waals surface area (Å²) in [6, 6.07) is 4.81. The Bertz CT molecular complexity index is 466. The molecule has 4 heteroatoms. The van der Waals surface area contributed by atoms with E-state index < -0.39 is 0 Å². The minimum absolute atomic E-state index is 0.184. The molecule has 0 bridgehead atoms. The Morgan fingerprint density at radius 2 is 2.05 bits per heavy atom. The van der Waals surface area contributed by atoms with E-state index in [4.69, 9.17) is 0 Å². The topological polar surface area (TPSA) is 60.8 Å². The van der Waals surface area contributed by atoms with Crippen molar-refractivity contribution < 1.29 is 15.0 Å². The molecule has 1 fully saturated rings. The van der Waals surface area contributed by atoms with Crippen molar-refractivity contribution in [1.82, 2.24) is 4.90 Å². The van der Waals surface area contributed by atoms with E-state index in [1.165, 1.54) is 6.07 Å². The molecule has 1 amide bonds. The van der Waals surface area contributed by atoms with Crippen molar-refractivity contribution in [3.8, 4) is 11.5 Å². The molecule has 1 saturated carbocycles. The molecule has 1 aliphatic rings. The molecular formula is C15H21NO3. The number of aromatic hydroxyl groups is 2. The van der Waals surface area contributed by atoms with Crippen molar-refractivity contribution in [2.75, 3.05) is 6.54 Å². The zero-order valence-electron chi connectivity index (χ0n) is 11.5. The molecule has 0 spiro atoms. The maximum atomic E-state index is 12.5. The summed E-state index contributed by atoms with van der Waals surface area (Å²) in [4.78, 5) is 14.3. The SMILES string of the molecule is CC(C)CCN(C(=O)c1cccc(O)c1O)C1CC1. The highest BCUT2D eigenvalue weighted by atomic mass is 16.3. The third-order valence-electron chi connectivity index (χ3n) is 3.44. The average molecular weight is 263 g/mol. The molecule has 0 aliphatic heterocycles. The predicted octanol–water partition coefficient (Wildman–Crippen LogP) is 2.75. The lowest BCUT2D eigenvalue weighted by Gasteiger charge is -2.24.